The number of amides is 1. The maximum absolute atomic E-state index is 13.6. The lowest BCUT2D eigenvalue weighted by molar-refractivity contribution is -0.170. The Kier molecular flexibility index (Phi) is 5.29. The topological polar surface area (TPSA) is 84.9 Å². The quantitative estimate of drug-likeness (QED) is 0.872. The molecule has 1 aromatic carbocycles. The Morgan fingerprint density at radius 3 is 2.18 bits per heavy atom. The van der Waals surface area contributed by atoms with E-state index in [0.717, 1.165) is 24.3 Å². The Bertz CT molecular complexity index is 537. The van der Waals surface area contributed by atoms with Gasteiger partial charge in [0.25, 0.3) is 0 Å². The van der Waals surface area contributed by atoms with Crippen molar-refractivity contribution in [2.45, 2.75) is 32.5 Å². The highest BCUT2D eigenvalue weighted by atomic mass is 19.3. The molecular weight excluding hydrogens is 300 g/mol. The number of carboxylic acid groups (broad SMARTS) is 1. The van der Waals surface area contributed by atoms with Crippen molar-refractivity contribution in [1.29, 1.82) is 0 Å². The molecule has 0 aliphatic carbocycles. The zero-order chi connectivity index (χ0) is 17.0. The third kappa shape index (κ3) is 6.38. The fraction of sp³-hybridized carbons (Fsp3) is 0.429. The SMILES string of the molecule is CC(C)(C)OC(=O)NCC(F)(F)Oc1ccc(C(=O)O)cc1. The van der Waals surface area contributed by atoms with Gasteiger partial charge in [-0.1, -0.05) is 0 Å². The summed E-state index contributed by atoms with van der Waals surface area (Å²) in [4.78, 5) is 21.9. The second kappa shape index (κ2) is 6.59. The lowest BCUT2D eigenvalue weighted by Crippen LogP contribution is -2.42. The molecule has 22 heavy (non-hydrogen) atoms. The minimum atomic E-state index is -3.67. The van der Waals surface area contributed by atoms with Crippen LogP contribution in [0.1, 0.15) is 31.1 Å². The largest absolute Gasteiger partial charge is 0.478 e. The van der Waals surface area contributed by atoms with Crippen LogP contribution in [0, 0.1) is 0 Å². The van der Waals surface area contributed by atoms with E-state index in [2.05, 4.69) is 4.74 Å². The van der Waals surface area contributed by atoms with Crippen molar-refractivity contribution in [2.75, 3.05) is 6.54 Å². The van der Waals surface area contributed by atoms with Gasteiger partial charge in [0.15, 0.2) is 0 Å². The molecular formula is C14H17F2NO5. The molecule has 1 amide bonds. The average Bonchev–Trinajstić information content (AvgIpc) is 2.35. The molecule has 0 saturated carbocycles. The average molecular weight is 317 g/mol. The lowest BCUT2D eigenvalue weighted by Gasteiger charge is -2.22. The molecule has 6 nitrogen and oxygen atoms in total. The Labute approximate surface area is 126 Å². The van der Waals surface area contributed by atoms with Crippen LogP contribution in [0.25, 0.3) is 0 Å². The number of aromatic carboxylic acids is 1. The monoisotopic (exact) mass is 317 g/mol. The number of ether oxygens (including phenoxy) is 2. The van der Waals surface area contributed by atoms with E-state index in [0.29, 0.717) is 0 Å². The molecule has 0 heterocycles. The van der Waals surface area contributed by atoms with Crippen molar-refractivity contribution in [3.05, 3.63) is 29.8 Å². The fourth-order valence-electron chi connectivity index (χ4n) is 1.36. The van der Waals surface area contributed by atoms with Gasteiger partial charge in [0.05, 0.1) is 5.56 Å². The van der Waals surface area contributed by atoms with Crippen LogP contribution in [0.5, 0.6) is 5.75 Å². The number of alkyl carbamates (subject to hydrolysis) is 1. The molecule has 1 rings (SSSR count). The smallest absolute Gasteiger partial charge is 0.415 e. The van der Waals surface area contributed by atoms with Gasteiger partial charge in [0, 0.05) is 0 Å². The first-order valence-corrected chi connectivity index (χ1v) is 6.35. The van der Waals surface area contributed by atoms with Crippen molar-refractivity contribution in [3.63, 3.8) is 0 Å². The fourth-order valence-corrected chi connectivity index (χ4v) is 1.36. The first kappa shape index (κ1) is 17.7. The molecule has 0 bridgehead atoms. The number of carbonyl (C=O) groups excluding carboxylic acids is 1. The van der Waals surface area contributed by atoms with Gasteiger partial charge < -0.3 is 19.9 Å². The summed E-state index contributed by atoms with van der Waals surface area (Å²) in [5.41, 5.74) is -0.852. The molecule has 0 aliphatic rings. The number of alkyl halides is 2. The predicted molar refractivity (Wildman–Crippen MR) is 73.2 cm³/mol. The normalized spacial score (nSPS) is 11.7. The molecule has 2 N–H and O–H groups in total. The number of hydrogen-bond acceptors (Lipinski definition) is 4. The van der Waals surface area contributed by atoms with E-state index in [1.54, 1.807) is 20.8 Å². The van der Waals surface area contributed by atoms with Crippen molar-refractivity contribution in [1.82, 2.24) is 5.32 Å². The molecule has 0 aromatic heterocycles. The Hall–Kier alpha value is -2.38. The Morgan fingerprint density at radius 2 is 1.73 bits per heavy atom. The van der Waals surface area contributed by atoms with Crippen LogP contribution in [0.15, 0.2) is 24.3 Å². The van der Waals surface area contributed by atoms with Crippen LogP contribution in [0.2, 0.25) is 0 Å². The highest BCUT2D eigenvalue weighted by Gasteiger charge is 2.33. The van der Waals surface area contributed by atoms with Crippen LogP contribution in [-0.2, 0) is 4.74 Å². The molecule has 0 atom stereocenters. The summed E-state index contributed by atoms with van der Waals surface area (Å²) < 4.78 is 36.3. The van der Waals surface area contributed by atoms with Gasteiger partial charge in [-0.3, -0.25) is 0 Å². The zero-order valence-electron chi connectivity index (χ0n) is 12.4. The summed E-state index contributed by atoms with van der Waals surface area (Å²) in [5.74, 6) is -1.40. The highest BCUT2D eigenvalue weighted by molar-refractivity contribution is 5.87. The summed E-state index contributed by atoms with van der Waals surface area (Å²) in [5, 5.41) is 10.6. The Morgan fingerprint density at radius 1 is 1.18 bits per heavy atom. The molecule has 0 radical (unpaired) electrons. The summed E-state index contributed by atoms with van der Waals surface area (Å²) in [6, 6.07) is 4.47. The number of carboxylic acids is 1. The minimum Gasteiger partial charge on any atom is -0.478 e. The second-order valence-corrected chi connectivity index (χ2v) is 5.42. The van der Waals surface area contributed by atoms with E-state index >= 15 is 0 Å². The molecule has 1 aromatic rings. The first-order chi connectivity index (χ1) is 9.98. The Balaban J connectivity index is 2.56. The molecule has 0 unspecified atom stereocenters. The van der Waals surface area contributed by atoms with Crippen LogP contribution in [-0.4, -0.2) is 35.4 Å². The standard InChI is InChI=1S/C14H17F2NO5/c1-13(2,3)22-12(20)17-8-14(15,16)21-10-6-4-9(5-7-10)11(18)19/h4-7H,8H2,1-3H3,(H,17,20)(H,18,19). The minimum absolute atomic E-state index is 0.0532. The zero-order valence-corrected chi connectivity index (χ0v) is 12.4. The van der Waals surface area contributed by atoms with E-state index in [1.807, 2.05) is 5.32 Å². The van der Waals surface area contributed by atoms with E-state index in [-0.39, 0.29) is 11.3 Å². The van der Waals surface area contributed by atoms with Crippen LogP contribution < -0.4 is 10.1 Å². The summed E-state index contributed by atoms with van der Waals surface area (Å²) in [6.45, 7) is 3.73. The second-order valence-electron chi connectivity index (χ2n) is 5.42. The van der Waals surface area contributed by atoms with E-state index < -0.39 is 30.3 Å². The number of carbonyl (C=O) groups is 2. The molecule has 0 aliphatic heterocycles. The van der Waals surface area contributed by atoms with Gasteiger partial charge in [-0.25, -0.2) is 9.59 Å². The van der Waals surface area contributed by atoms with Crippen LogP contribution >= 0.6 is 0 Å². The maximum atomic E-state index is 13.6. The molecule has 0 spiro atoms. The molecule has 0 fully saturated rings. The van der Waals surface area contributed by atoms with Gasteiger partial charge in [-0.2, -0.15) is 8.78 Å². The number of benzene rings is 1. The van der Waals surface area contributed by atoms with Crippen LogP contribution in [0.3, 0.4) is 0 Å². The molecule has 8 heteroatoms. The van der Waals surface area contributed by atoms with Gasteiger partial charge in [-0.15, -0.1) is 0 Å². The van der Waals surface area contributed by atoms with Crippen molar-refractivity contribution in [2.24, 2.45) is 0 Å². The van der Waals surface area contributed by atoms with E-state index in [4.69, 9.17) is 9.84 Å². The third-order valence-electron chi connectivity index (χ3n) is 2.21. The van der Waals surface area contributed by atoms with Crippen molar-refractivity contribution < 1.29 is 33.0 Å². The van der Waals surface area contributed by atoms with E-state index in [9.17, 15) is 18.4 Å². The summed E-state index contributed by atoms with van der Waals surface area (Å²) >= 11 is 0. The van der Waals surface area contributed by atoms with Crippen molar-refractivity contribution in [3.8, 4) is 5.75 Å². The van der Waals surface area contributed by atoms with E-state index in [1.165, 1.54) is 0 Å². The van der Waals surface area contributed by atoms with Gasteiger partial charge in [0.2, 0.25) is 0 Å². The number of halogens is 2. The predicted octanol–water partition coefficient (Wildman–Crippen LogP) is 2.88. The van der Waals surface area contributed by atoms with Crippen LogP contribution in [0.4, 0.5) is 13.6 Å². The van der Waals surface area contributed by atoms with Gasteiger partial charge in [-0.05, 0) is 45.0 Å². The number of nitrogens with one attached hydrogen (secondary N) is 1. The molecule has 0 saturated heterocycles. The number of rotatable bonds is 5. The van der Waals surface area contributed by atoms with Gasteiger partial charge >= 0.3 is 18.2 Å². The van der Waals surface area contributed by atoms with Gasteiger partial charge in [0.1, 0.15) is 17.9 Å². The van der Waals surface area contributed by atoms with Crippen molar-refractivity contribution >= 4 is 12.1 Å². The number of hydrogen-bond donors (Lipinski definition) is 2. The summed E-state index contributed by atoms with van der Waals surface area (Å²) in [6.07, 6.45) is -4.65. The summed E-state index contributed by atoms with van der Waals surface area (Å²) in [7, 11) is 0. The third-order valence-corrected chi connectivity index (χ3v) is 2.21. The molecule has 122 valence electrons. The lowest BCUT2D eigenvalue weighted by atomic mass is 10.2. The first-order valence-electron chi connectivity index (χ1n) is 6.35. The highest BCUT2D eigenvalue weighted by Crippen LogP contribution is 2.21. The maximum Gasteiger partial charge on any atom is 0.415 e.